The summed E-state index contributed by atoms with van der Waals surface area (Å²) in [6.45, 7) is 0. The first-order chi connectivity index (χ1) is 6.36. The Hall–Kier alpha value is -1.59. The molecule has 0 saturated heterocycles. The van der Waals surface area contributed by atoms with Crippen LogP contribution >= 0.6 is 11.3 Å². The molecular weight excluding hydrogens is 180 g/mol. The van der Waals surface area contributed by atoms with Gasteiger partial charge in [-0.05, 0) is 6.07 Å². The number of carbonyl (C=O) groups excluding carboxylic acids is 1. The second-order valence-corrected chi connectivity index (χ2v) is 3.68. The molecule has 0 spiro atoms. The molecule has 0 amide bonds. The first-order valence-electron chi connectivity index (χ1n) is 3.80. The fraction of sp³-hybridized carbons (Fsp3) is 0. The third-order valence-electron chi connectivity index (χ3n) is 1.87. The van der Waals surface area contributed by atoms with Crippen LogP contribution in [0, 0.1) is 12.3 Å². The van der Waals surface area contributed by atoms with Crippen molar-refractivity contribution < 1.29 is 4.79 Å². The minimum absolute atomic E-state index is 0.642. The van der Waals surface area contributed by atoms with E-state index in [1.54, 1.807) is 0 Å². The summed E-state index contributed by atoms with van der Waals surface area (Å²) in [4.78, 5) is 11.3. The van der Waals surface area contributed by atoms with E-state index in [1.807, 2.05) is 24.3 Å². The molecule has 0 fully saturated rings. The van der Waals surface area contributed by atoms with Crippen LogP contribution in [0.2, 0.25) is 0 Å². The van der Waals surface area contributed by atoms with Gasteiger partial charge in [0.2, 0.25) is 0 Å². The van der Waals surface area contributed by atoms with E-state index in [-0.39, 0.29) is 0 Å². The van der Waals surface area contributed by atoms with Gasteiger partial charge in [-0.2, -0.15) is 0 Å². The molecule has 1 heterocycles. The van der Waals surface area contributed by atoms with Crippen LogP contribution < -0.4 is 0 Å². The van der Waals surface area contributed by atoms with Crippen molar-refractivity contribution in [3.8, 4) is 12.3 Å². The minimum atomic E-state index is 0.642. The molecule has 62 valence electrons. The average Bonchev–Trinajstić information content (AvgIpc) is 2.55. The minimum Gasteiger partial charge on any atom is -0.297 e. The van der Waals surface area contributed by atoms with E-state index in [1.165, 1.54) is 11.3 Å². The Morgan fingerprint density at radius 3 is 2.85 bits per heavy atom. The highest BCUT2D eigenvalue weighted by atomic mass is 32.1. The second kappa shape index (κ2) is 3.04. The largest absolute Gasteiger partial charge is 0.297 e. The van der Waals surface area contributed by atoms with Crippen LogP contribution in [0.3, 0.4) is 0 Å². The molecule has 1 aromatic carbocycles. The highest BCUT2D eigenvalue weighted by Crippen LogP contribution is 2.29. The van der Waals surface area contributed by atoms with Crippen LogP contribution in [0.25, 0.3) is 10.1 Å². The van der Waals surface area contributed by atoms with Gasteiger partial charge in [0.1, 0.15) is 0 Å². The van der Waals surface area contributed by atoms with E-state index in [0.29, 0.717) is 4.88 Å². The summed E-state index contributed by atoms with van der Waals surface area (Å²) in [6, 6.07) is 7.76. The van der Waals surface area contributed by atoms with Crippen LogP contribution in [0.4, 0.5) is 0 Å². The molecule has 13 heavy (non-hydrogen) atoms. The van der Waals surface area contributed by atoms with Crippen molar-refractivity contribution in [1.29, 1.82) is 0 Å². The highest BCUT2D eigenvalue weighted by Gasteiger charge is 2.07. The summed E-state index contributed by atoms with van der Waals surface area (Å²) in [5.74, 6) is 2.55. The third-order valence-corrected chi connectivity index (χ3v) is 2.97. The molecule has 0 radical (unpaired) electrons. The first-order valence-corrected chi connectivity index (χ1v) is 4.62. The van der Waals surface area contributed by atoms with E-state index in [0.717, 1.165) is 21.9 Å². The first kappa shape index (κ1) is 8.03. The Bertz CT molecular complexity index is 502. The number of thiophene rings is 1. The van der Waals surface area contributed by atoms with Gasteiger partial charge in [0.05, 0.1) is 10.4 Å². The van der Waals surface area contributed by atoms with Crippen LogP contribution in [0.5, 0.6) is 0 Å². The lowest BCUT2D eigenvalue weighted by molar-refractivity contribution is 0.112. The van der Waals surface area contributed by atoms with Gasteiger partial charge in [-0.25, -0.2) is 0 Å². The van der Waals surface area contributed by atoms with Crippen molar-refractivity contribution in [2.75, 3.05) is 0 Å². The maximum absolute atomic E-state index is 10.7. The van der Waals surface area contributed by atoms with Crippen molar-refractivity contribution in [3.63, 3.8) is 0 Å². The smallest absolute Gasteiger partial charge is 0.161 e. The van der Waals surface area contributed by atoms with Gasteiger partial charge in [-0.3, -0.25) is 4.79 Å². The molecule has 1 aromatic heterocycles. The monoisotopic (exact) mass is 186 g/mol. The zero-order chi connectivity index (χ0) is 9.26. The van der Waals surface area contributed by atoms with Crippen LogP contribution in [0.15, 0.2) is 24.3 Å². The van der Waals surface area contributed by atoms with Gasteiger partial charge in [-0.15, -0.1) is 17.8 Å². The normalized spacial score (nSPS) is 9.77. The number of rotatable bonds is 1. The number of carbonyl (C=O) groups is 1. The Balaban J connectivity index is 2.91. The van der Waals surface area contributed by atoms with Gasteiger partial charge in [0.25, 0.3) is 0 Å². The zero-order valence-electron chi connectivity index (χ0n) is 6.78. The fourth-order valence-corrected chi connectivity index (χ4v) is 2.28. The van der Waals surface area contributed by atoms with Gasteiger partial charge in [0.15, 0.2) is 6.29 Å². The van der Waals surface area contributed by atoms with Crippen molar-refractivity contribution in [1.82, 2.24) is 0 Å². The predicted octanol–water partition coefficient (Wildman–Crippen LogP) is 2.70. The van der Waals surface area contributed by atoms with Crippen molar-refractivity contribution in [3.05, 3.63) is 34.7 Å². The fourth-order valence-electron chi connectivity index (χ4n) is 1.30. The summed E-state index contributed by atoms with van der Waals surface area (Å²) in [6.07, 6.45) is 6.15. The number of fused-ring (bicyclic) bond motifs is 1. The molecule has 0 unspecified atom stereocenters. The van der Waals surface area contributed by atoms with Gasteiger partial charge < -0.3 is 0 Å². The number of terminal acetylenes is 1. The maximum atomic E-state index is 10.7. The quantitative estimate of drug-likeness (QED) is 0.494. The summed E-state index contributed by atoms with van der Waals surface area (Å²) in [7, 11) is 0. The molecule has 0 N–H and O–H groups in total. The molecule has 1 nitrogen and oxygen atoms in total. The van der Waals surface area contributed by atoms with Crippen molar-refractivity contribution in [2.24, 2.45) is 0 Å². The van der Waals surface area contributed by atoms with E-state index >= 15 is 0 Å². The maximum Gasteiger partial charge on any atom is 0.161 e. The van der Waals surface area contributed by atoms with E-state index in [9.17, 15) is 4.79 Å². The molecule has 0 aliphatic rings. The van der Waals surface area contributed by atoms with Gasteiger partial charge >= 0.3 is 0 Å². The lowest BCUT2D eigenvalue weighted by atomic mass is 10.1. The van der Waals surface area contributed by atoms with Crippen molar-refractivity contribution >= 4 is 27.7 Å². The number of hydrogen-bond donors (Lipinski definition) is 0. The lowest BCUT2D eigenvalue weighted by Gasteiger charge is -1.87. The Labute approximate surface area is 80.0 Å². The molecule has 0 atom stereocenters. The topological polar surface area (TPSA) is 17.1 Å². The number of benzene rings is 1. The van der Waals surface area contributed by atoms with E-state index in [4.69, 9.17) is 6.42 Å². The number of hydrogen-bond acceptors (Lipinski definition) is 2. The van der Waals surface area contributed by atoms with E-state index in [2.05, 4.69) is 5.92 Å². The summed E-state index contributed by atoms with van der Waals surface area (Å²) >= 11 is 1.44. The van der Waals surface area contributed by atoms with E-state index < -0.39 is 0 Å². The average molecular weight is 186 g/mol. The van der Waals surface area contributed by atoms with Crippen molar-refractivity contribution in [2.45, 2.75) is 0 Å². The Morgan fingerprint density at radius 2 is 2.15 bits per heavy atom. The zero-order valence-corrected chi connectivity index (χ0v) is 7.60. The summed E-state index contributed by atoms with van der Waals surface area (Å²) in [5, 5.41) is 0.997. The molecule has 2 heteroatoms. The molecule has 2 aromatic rings. The molecular formula is C11H6OS. The highest BCUT2D eigenvalue weighted by molar-refractivity contribution is 7.20. The molecule has 0 bridgehead atoms. The molecule has 0 aliphatic heterocycles. The number of aldehydes is 1. The predicted molar refractivity (Wildman–Crippen MR) is 55.1 cm³/mol. The SMILES string of the molecule is C#Cc1c(C=O)sc2ccccc12. The van der Waals surface area contributed by atoms with Gasteiger partial charge in [-0.1, -0.05) is 24.1 Å². The molecule has 2 rings (SSSR count). The Kier molecular flexibility index (Phi) is 1.88. The Morgan fingerprint density at radius 1 is 1.38 bits per heavy atom. The summed E-state index contributed by atoms with van der Waals surface area (Å²) in [5.41, 5.74) is 0.718. The van der Waals surface area contributed by atoms with Crippen LogP contribution in [-0.2, 0) is 0 Å². The lowest BCUT2D eigenvalue weighted by Crippen LogP contribution is -1.77. The van der Waals surface area contributed by atoms with Crippen LogP contribution in [0.1, 0.15) is 15.2 Å². The third kappa shape index (κ3) is 1.14. The standard InChI is InChI=1S/C11H6OS/c1-2-8-9-5-3-4-6-10(9)13-11(8)7-12/h1,3-7H. The van der Waals surface area contributed by atoms with Crippen LogP contribution in [-0.4, -0.2) is 6.29 Å². The second-order valence-electron chi connectivity index (χ2n) is 2.60. The van der Waals surface area contributed by atoms with Gasteiger partial charge in [0, 0.05) is 10.1 Å². The molecule has 0 aliphatic carbocycles. The summed E-state index contributed by atoms with van der Waals surface area (Å²) < 4.78 is 1.07. The molecule has 0 saturated carbocycles.